The number of piperidine rings is 1. The molecule has 0 amide bonds. The molecule has 2 atom stereocenters. The van der Waals surface area contributed by atoms with E-state index in [2.05, 4.69) is 89.2 Å². The zero-order valence-electron chi connectivity index (χ0n) is 19.6. The van der Waals surface area contributed by atoms with Crippen molar-refractivity contribution >= 4 is 16.7 Å². The van der Waals surface area contributed by atoms with Crippen molar-refractivity contribution < 1.29 is 0 Å². The molecule has 2 aromatic carbocycles. The van der Waals surface area contributed by atoms with Gasteiger partial charge in [0.25, 0.3) is 0 Å². The van der Waals surface area contributed by atoms with Crippen LogP contribution in [-0.2, 0) is 0 Å². The highest BCUT2D eigenvalue weighted by Gasteiger charge is 2.27. The van der Waals surface area contributed by atoms with Crippen LogP contribution in [0.2, 0.25) is 0 Å². The number of pyridine rings is 1. The maximum absolute atomic E-state index is 5.00. The molecule has 0 N–H and O–H groups in total. The van der Waals surface area contributed by atoms with Crippen molar-refractivity contribution in [2.45, 2.75) is 32.7 Å². The van der Waals surface area contributed by atoms with E-state index in [1.807, 2.05) is 0 Å². The molecule has 0 saturated carbocycles. The Labute approximate surface area is 192 Å². The average molecular weight is 429 g/mol. The Balaban J connectivity index is 1.17. The van der Waals surface area contributed by atoms with E-state index in [0.717, 1.165) is 37.6 Å². The summed E-state index contributed by atoms with van der Waals surface area (Å²) in [7, 11) is 0. The number of rotatable bonds is 5. The molecule has 2 aliphatic rings. The number of nitrogens with zero attached hydrogens (tertiary/aromatic N) is 4. The van der Waals surface area contributed by atoms with Crippen molar-refractivity contribution in [2.24, 2.45) is 5.92 Å². The number of anilines is 1. The molecule has 4 nitrogen and oxygen atoms in total. The van der Waals surface area contributed by atoms with Crippen molar-refractivity contribution in [2.75, 3.05) is 50.7 Å². The van der Waals surface area contributed by atoms with Gasteiger partial charge < -0.3 is 4.90 Å². The van der Waals surface area contributed by atoms with Gasteiger partial charge in [0.05, 0.1) is 5.52 Å². The van der Waals surface area contributed by atoms with Gasteiger partial charge in [-0.05, 0) is 62.4 Å². The Morgan fingerprint density at radius 3 is 2.50 bits per heavy atom. The molecule has 2 unspecified atom stereocenters. The third-order valence-corrected chi connectivity index (χ3v) is 7.46. The number of likely N-dealkylation sites (tertiary alicyclic amines) is 1. The largest absolute Gasteiger partial charge is 0.354 e. The maximum Gasteiger partial charge on any atom is 0.132 e. The molecule has 168 valence electrons. The van der Waals surface area contributed by atoms with Gasteiger partial charge in [-0.1, -0.05) is 48.5 Å². The van der Waals surface area contributed by atoms with E-state index in [9.17, 15) is 0 Å². The molecule has 5 rings (SSSR count). The van der Waals surface area contributed by atoms with E-state index in [-0.39, 0.29) is 0 Å². The molecule has 0 radical (unpaired) electrons. The Bertz CT molecular complexity index is 1030. The van der Waals surface area contributed by atoms with Crippen LogP contribution >= 0.6 is 0 Å². The first-order valence-corrected chi connectivity index (χ1v) is 12.3. The van der Waals surface area contributed by atoms with E-state index < -0.39 is 0 Å². The summed E-state index contributed by atoms with van der Waals surface area (Å²) in [5, 5.41) is 1.24. The monoisotopic (exact) mass is 428 g/mol. The number of hydrogen-bond donors (Lipinski definition) is 0. The summed E-state index contributed by atoms with van der Waals surface area (Å²) in [6, 6.07) is 22.2. The third-order valence-electron chi connectivity index (χ3n) is 7.46. The molecule has 2 aliphatic heterocycles. The molecule has 0 aliphatic carbocycles. The molecule has 0 spiro atoms. The van der Waals surface area contributed by atoms with Crippen molar-refractivity contribution in [3.8, 4) is 0 Å². The first-order valence-electron chi connectivity index (χ1n) is 12.3. The van der Waals surface area contributed by atoms with Crippen LogP contribution in [0.4, 0.5) is 5.82 Å². The standard InChI is InChI=1S/C28H36N4/c1-22-19-26-12-6-7-13-27(26)29-28(22)31-17-15-30(16-18-31)20-24-9-8-14-32(21-24)23(2)25-10-4-3-5-11-25/h3-7,10-13,19,23-24H,8-9,14-18,20-21H2,1-2H3. The number of piperazine rings is 1. The van der Waals surface area contributed by atoms with E-state index in [4.69, 9.17) is 4.98 Å². The molecule has 3 aromatic rings. The van der Waals surface area contributed by atoms with Gasteiger partial charge in [-0.15, -0.1) is 0 Å². The van der Waals surface area contributed by atoms with E-state index in [1.165, 1.54) is 54.8 Å². The molecule has 2 fully saturated rings. The normalized spacial score (nSPS) is 21.7. The van der Waals surface area contributed by atoms with E-state index in [0.29, 0.717) is 6.04 Å². The Morgan fingerprint density at radius 1 is 0.938 bits per heavy atom. The lowest BCUT2D eigenvalue weighted by Gasteiger charge is -2.41. The minimum atomic E-state index is 0.512. The second kappa shape index (κ2) is 9.60. The minimum Gasteiger partial charge on any atom is -0.354 e. The number of fused-ring (bicyclic) bond motifs is 1. The van der Waals surface area contributed by atoms with Crippen LogP contribution in [0.25, 0.3) is 10.9 Å². The van der Waals surface area contributed by atoms with Crippen LogP contribution in [-0.4, -0.2) is 60.6 Å². The first-order chi connectivity index (χ1) is 15.7. The lowest BCUT2D eigenvalue weighted by Crippen LogP contribution is -2.50. The minimum absolute atomic E-state index is 0.512. The average Bonchev–Trinajstić information content (AvgIpc) is 2.84. The fourth-order valence-electron chi connectivity index (χ4n) is 5.58. The summed E-state index contributed by atoms with van der Waals surface area (Å²) < 4.78 is 0. The van der Waals surface area contributed by atoms with Crippen molar-refractivity contribution in [3.05, 3.63) is 71.8 Å². The van der Waals surface area contributed by atoms with Gasteiger partial charge in [-0.2, -0.15) is 0 Å². The number of aryl methyl sites for hydroxylation is 1. The summed E-state index contributed by atoms with van der Waals surface area (Å²) in [6.45, 7) is 12.7. The summed E-state index contributed by atoms with van der Waals surface area (Å²) in [5.41, 5.74) is 3.83. The van der Waals surface area contributed by atoms with Crippen molar-refractivity contribution in [1.29, 1.82) is 0 Å². The Hall–Kier alpha value is -2.43. The van der Waals surface area contributed by atoms with Gasteiger partial charge in [0.2, 0.25) is 0 Å². The van der Waals surface area contributed by atoms with Gasteiger partial charge in [0, 0.05) is 50.7 Å². The topological polar surface area (TPSA) is 22.6 Å². The zero-order valence-corrected chi connectivity index (χ0v) is 19.6. The van der Waals surface area contributed by atoms with Gasteiger partial charge in [-0.3, -0.25) is 9.80 Å². The predicted molar refractivity (Wildman–Crippen MR) is 134 cm³/mol. The lowest BCUT2D eigenvalue weighted by atomic mass is 9.94. The van der Waals surface area contributed by atoms with Crippen LogP contribution < -0.4 is 4.90 Å². The van der Waals surface area contributed by atoms with E-state index >= 15 is 0 Å². The summed E-state index contributed by atoms with van der Waals surface area (Å²) in [4.78, 5) is 12.9. The summed E-state index contributed by atoms with van der Waals surface area (Å²) in [6.07, 6.45) is 2.69. The van der Waals surface area contributed by atoms with Crippen LogP contribution in [0.15, 0.2) is 60.7 Å². The Kier molecular flexibility index (Phi) is 6.42. The first kappa shape index (κ1) is 21.4. The molecule has 3 heterocycles. The van der Waals surface area contributed by atoms with Crippen molar-refractivity contribution in [1.82, 2.24) is 14.8 Å². The van der Waals surface area contributed by atoms with Gasteiger partial charge in [0.1, 0.15) is 5.82 Å². The number of benzene rings is 2. The SMILES string of the molecule is Cc1cc2ccccc2nc1N1CCN(CC2CCCN(C(C)c3ccccc3)C2)CC1. The number of hydrogen-bond acceptors (Lipinski definition) is 4. The molecule has 32 heavy (non-hydrogen) atoms. The second-order valence-electron chi connectivity index (χ2n) is 9.70. The maximum atomic E-state index is 5.00. The molecule has 0 bridgehead atoms. The molecule has 2 saturated heterocycles. The smallest absolute Gasteiger partial charge is 0.132 e. The summed E-state index contributed by atoms with van der Waals surface area (Å²) >= 11 is 0. The highest BCUT2D eigenvalue weighted by Crippen LogP contribution is 2.28. The highest BCUT2D eigenvalue weighted by molar-refractivity contribution is 5.81. The molecule has 4 heteroatoms. The van der Waals surface area contributed by atoms with Gasteiger partial charge >= 0.3 is 0 Å². The number of para-hydroxylation sites is 1. The highest BCUT2D eigenvalue weighted by atomic mass is 15.3. The predicted octanol–water partition coefficient (Wildman–Crippen LogP) is 5.14. The second-order valence-corrected chi connectivity index (χ2v) is 9.70. The van der Waals surface area contributed by atoms with Gasteiger partial charge in [-0.25, -0.2) is 4.98 Å². The van der Waals surface area contributed by atoms with Gasteiger partial charge in [0.15, 0.2) is 0 Å². The third kappa shape index (κ3) is 4.67. The zero-order chi connectivity index (χ0) is 21.9. The lowest BCUT2D eigenvalue weighted by molar-refractivity contribution is 0.102. The summed E-state index contributed by atoms with van der Waals surface area (Å²) in [5.74, 6) is 1.95. The van der Waals surface area contributed by atoms with Crippen LogP contribution in [0.1, 0.15) is 36.9 Å². The van der Waals surface area contributed by atoms with E-state index in [1.54, 1.807) is 0 Å². The van der Waals surface area contributed by atoms with Crippen LogP contribution in [0.3, 0.4) is 0 Å². The molecular formula is C28H36N4. The fraction of sp³-hybridized carbons (Fsp3) is 0.464. The van der Waals surface area contributed by atoms with Crippen LogP contribution in [0.5, 0.6) is 0 Å². The molecule has 1 aromatic heterocycles. The fourth-order valence-corrected chi connectivity index (χ4v) is 5.58. The quantitative estimate of drug-likeness (QED) is 0.561. The Morgan fingerprint density at radius 2 is 1.69 bits per heavy atom. The van der Waals surface area contributed by atoms with Crippen LogP contribution in [0, 0.1) is 12.8 Å². The van der Waals surface area contributed by atoms with Crippen molar-refractivity contribution in [3.63, 3.8) is 0 Å². The molecular weight excluding hydrogens is 392 g/mol. The number of aromatic nitrogens is 1.